The van der Waals surface area contributed by atoms with Crippen LogP contribution in [-0.4, -0.2) is 23.8 Å². The number of benzene rings is 1. The van der Waals surface area contributed by atoms with Gasteiger partial charge in [-0.05, 0) is 43.0 Å². The first-order chi connectivity index (χ1) is 9.24. The highest BCUT2D eigenvalue weighted by molar-refractivity contribution is 5.28. The zero-order valence-corrected chi connectivity index (χ0v) is 11.2. The van der Waals surface area contributed by atoms with E-state index in [1.807, 2.05) is 25.1 Å². The van der Waals surface area contributed by atoms with Crippen molar-refractivity contribution in [3.8, 4) is 11.8 Å². The van der Waals surface area contributed by atoms with Crippen LogP contribution in [0.15, 0.2) is 24.3 Å². The number of rotatable bonds is 7. The predicted octanol–water partition coefficient (Wildman–Crippen LogP) is 1.84. The fourth-order valence-electron chi connectivity index (χ4n) is 2.30. The minimum Gasteiger partial charge on any atom is -0.491 e. The molecule has 0 spiro atoms. The van der Waals surface area contributed by atoms with Crippen LogP contribution in [0.5, 0.6) is 5.75 Å². The molecule has 2 N–H and O–H groups in total. The van der Waals surface area contributed by atoms with Gasteiger partial charge in [0, 0.05) is 0 Å². The van der Waals surface area contributed by atoms with Crippen LogP contribution >= 0.6 is 0 Å². The van der Waals surface area contributed by atoms with Crippen molar-refractivity contribution in [3.63, 3.8) is 0 Å². The summed E-state index contributed by atoms with van der Waals surface area (Å²) in [4.78, 5) is 0. The largest absolute Gasteiger partial charge is 0.491 e. The van der Waals surface area contributed by atoms with Crippen molar-refractivity contribution in [2.75, 3.05) is 13.2 Å². The van der Waals surface area contributed by atoms with Crippen molar-refractivity contribution in [2.45, 2.75) is 31.9 Å². The first kappa shape index (κ1) is 13.9. The van der Waals surface area contributed by atoms with Gasteiger partial charge in [-0.15, -0.1) is 0 Å². The molecule has 102 valence electrons. The van der Waals surface area contributed by atoms with Gasteiger partial charge >= 0.3 is 0 Å². The first-order valence-corrected chi connectivity index (χ1v) is 6.73. The average Bonchev–Trinajstić information content (AvgIpc) is 3.29. The molecule has 0 bridgehead atoms. The quantitative estimate of drug-likeness (QED) is 0.785. The number of nitriles is 1. The van der Waals surface area contributed by atoms with Gasteiger partial charge in [-0.1, -0.05) is 19.1 Å². The van der Waals surface area contributed by atoms with Crippen molar-refractivity contribution < 1.29 is 9.84 Å². The van der Waals surface area contributed by atoms with E-state index < -0.39 is 5.54 Å². The van der Waals surface area contributed by atoms with E-state index in [1.165, 1.54) is 0 Å². The fourth-order valence-corrected chi connectivity index (χ4v) is 2.30. The van der Waals surface area contributed by atoms with Crippen LogP contribution in [0.4, 0.5) is 0 Å². The number of likely N-dealkylation sites (N-methyl/N-ethyl adjacent to an activating group) is 1. The van der Waals surface area contributed by atoms with Crippen LogP contribution in [0.25, 0.3) is 0 Å². The molecule has 0 saturated heterocycles. The number of nitrogens with zero attached hydrogens (tertiary/aromatic N) is 1. The lowest BCUT2D eigenvalue weighted by atomic mass is 9.96. The maximum atomic E-state index is 9.46. The lowest BCUT2D eigenvalue weighted by Gasteiger charge is -2.27. The average molecular weight is 260 g/mol. The normalized spacial score (nSPS) is 17.5. The number of hydrogen-bond acceptors (Lipinski definition) is 4. The van der Waals surface area contributed by atoms with Gasteiger partial charge in [0.2, 0.25) is 0 Å². The van der Waals surface area contributed by atoms with E-state index in [-0.39, 0.29) is 6.61 Å². The van der Waals surface area contributed by atoms with Gasteiger partial charge in [-0.2, -0.15) is 5.26 Å². The van der Waals surface area contributed by atoms with Crippen LogP contribution in [0, 0.1) is 17.2 Å². The van der Waals surface area contributed by atoms with E-state index in [1.54, 1.807) is 6.07 Å². The molecule has 4 heteroatoms. The van der Waals surface area contributed by atoms with Crippen molar-refractivity contribution in [2.24, 2.45) is 5.92 Å². The Hall–Kier alpha value is -1.57. The smallest absolute Gasteiger partial charge is 0.143 e. The third-order valence-corrected chi connectivity index (χ3v) is 3.51. The van der Waals surface area contributed by atoms with Crippen molar-refractivity contribution >= 4 is 0 Å². The molecule has 1 fully saturated rings. The lowest BCUT2D eigenvalue weighted by molar-refractivity contribution is 0.203. The van der Waals surface area contributed by atoms with E-state index in [9.17, 15) is 5.26 Å². The Kier molecular flexibility index (Phi) is 4.41. The van der Waals surface area contributed by atoms with E-state index >= 15 is 0 Å². The first-order valence-electron chi connectivity index (χ1n) is 6.73. The second kappa shape index (κ2) is 6.05. The van der Waals surface area contributed by atoms with Crippen LogP contribution in [0.1, 0.15) is 25.3 Å². The highest BCUT2D eigenvalue weighted by Crippen LogP contribution is 2.39. The monoisotopic (exact) mass is 260 g/mol. The Morgan fingerprint density at radius 1 is 1.53 bits per heavy atom. The standard InChI is InChI=1S/C15H20N2O2/c1-2-17-15(10-16,13-6-7-13)11-19-14-5-3-4-12(8-14)9-18/h3-5,8,13,17-18H,2,6-7,9,11H2,1H3. The minimum atomic E-state index is -0.579. The minimum absolute atomic E-state index is 0.00354. The zero-order chi connectivity index (χ0) is 13.7. The number of ether oxygens (including phenoxy) is 1. The summed E-state index contributed by atoms with van der Waals surface area (Å²) in [6.07, 6.45) is 2.17. The molecule has 0 amide bonds. The molecular weight excluding hydrogens is 240 g/mol. The third kappa shape index (κ3) is 3.25. The van der Waals surface area contributed by atoms with Crippen molar-refractivity contribution in [1.29, 1.82) is 5.26 Å². The molecule has 1 atom stereocenters. The SMILES string of the molecule is CCNC(C#N)(COc1cccc(CO)c1)C1CC1. The number of nitrogens with one attached hydrogen (secondary N) is 1. The fraction of sp³-hybridized carbons (Fsp3) is 0.533. The zero-order valence-electron chi connectivity index (χ0n) is 11.2. The van der Waals surface area contributed by atoms with Gasteiger partial charge in [0.15, 0.2) is 0 Å². The molecule has 2 rings (SSSR count). The van der Waals surface area contributed by atoms with Crippen molar-refractivity contribution in [3.05, 3.63) is 29.8 Å². The molecule has 1 aromatic rings. The Morgan fingerprint density at radius 3 is 2.89 bits per heavy atom. The number of hydrogen-bond donors (Lipinski definition) is 2. The highest BCUT2D eigenvalue weighted by atomic mass is 16.5. The Balaban J connectivity index is 2.04. The van der Waals surface area contributed by atoms with Gasteiger partial charge in [0.1, 0.15) is 17.9 Å². The van der Waals surface area contributed by atoms with Crippen LogP contribution < -0.4 is 10.1 Å². The van der Waals surface area contributed by atoms with Gasteiger partial charge in [0.25, 0.3) is 0 Å². The molecule has 0 heterocycles. The summed E-state index contributed by atoms with van der Waals surface area (Å²) < 4.78 is 5.76. The van der Waals surface area contributed by atoms with Crippen LogP contribution in [-0.2, 0) is 6.61 Å². The maximum absolute atomic E-state index is 9.46. The van der Waals surface area contributed by atoms with E-state index in [0.717, 1.165) is 24.9 Å². The summed E-state index contributed by atoms with van der Waals surface area (Å²) in [6.45, 7) is 3.10. The summed E-state index contributed by atoms with van der Waals surface area (Å²) in [5.41, 5.74) is 0.235. The summed E-state index contributed by atoms with van der Waals surface area (Å²) in [6, 6.07) is 9.74. The molecule has 1 aliphatic rings. The summed E-state index contributed by atoms with van der Waals surface area (Å²) in [7, 11) is 0. The molecular formula is C15H20N2O2. The van der Waals surface area contributed by atoms with Gasteiger partial charge in [-0.25, -0.2) is 0 Å². The topological polar surface area (TPSA) is 65.3 Å². The molecule has 1 unspecified atom stereocenters. The maximum Gasteiger partial charge on any atom is 0.143 e. The predicted molar refractivity (Wildman–Crippen MR) is 72.6 cm³/mol. The molecule has 1 aliphatic carbocycles. The number of aliphatic hydroxyl groups excluding tert-OH is 1. The van der Waals surface area contributed by atoms with Gasteiger partial charge in [-0.3, -0.25) is 5.32 Å². The Bertz CT molecular complexity index is 465. The van der Waals surface area contributed by atoms with Gasteiger partial charge in [0.05, 0.1) is 12.7 Å². The molecule has 1 saturated carbocycles. The number of aliphatic hydroxyl groups is 1. The van der Waals surface area contributed by atoms with Gasteiger partial charge < -0.3 is 9.84 Å². The van der Waals surface area contributed by atoms with E-state index in [0.29, 0.717) is 18.3 Å². The lowest BCUT2D eigenvalue weighted by Crippen LogP contribution is -2.50. The van der Waals surface area contributed by atoms with Crippen LogP contribution in [0.3, 0.4) is 0 Å². The highest BCUT2D eigenvalue weighted by Gasteiger charge is 2.46. The van der Waals surface area contributed by atoms with Crippen LogP contribution in [0.2, 0.25) is 0 Å². The summed E-state index contributed by atoms with van der Waals surface area (Å²) >= 11 is 0. The molecule has 0 aliphatic heterocycles. The molecule has 0 radical (unpaired) electrons. The van der Waals surface area contributed by atoms with Crippen molar-refractivity contribution in [1.82, 2.24) is 5.32 Å². The second-order valence-electron chi connectivity index (χ2n) is 4.98. The Morgan fingerprint density at radius 2 is 2.32 bits per heavy atom. The molecule has 19 heavy (non-hydrogen) atoms. The molecule has 4 nitrogen and oxygen atoms in total. The Labute approximate surface area is 114 Å². The second-order valence-corrected chi connectivity index (χ2v) is 4.98. The van der Waals surface area contributed by atoms with E-state index in [4.69, 9.17) is 9.84 Å². The summed E-state index contributed by atoms with van der Waals surface area (Å²) in [5, 5.41) is 21.8. The summed E-state index contributed by atoms with van der Waals surface area (Å²) in [5.74, 6) is 1.09. The molecule has 0 aromatic heterocycles. The van der Waals surface area contributed by atoms with E-state index in [2.05, 4.69) is 11.4 Å². The molecule has 1 aromatic carbocycles. The third-order valence-electron chi connectivity index (χ3n) is 3.51.